The molecule has 2 heterocycles. The fourth-order valence-electron chi connectivity index (χ4n) is 3.66. The van der Waals surface area contributed by atoms with Gasteiger partial charge in [0.15, 0.2) is 5.06 Å². The van der Waals surface area contributed by atoms with E-state index < -0.39 is 0 Å². The number of rotatable bonds is 7. The SMILES string of the molecule is N#Cc1c(O)sc(-c2ccnc(Nc3cccc(OCc4ccccc4)c3)n2)c1-c1ccccc1. The average molecular weight is 477 g/mol. The van der Waals surface area contributed by atoms with Crippen LogP contribution in [0.2, 0.25) is 0 Å². The predicted molar refractivity (Wildman–Crippen MR) is 138 cm³/mol. The lowest BCUT2D eigenvalue weighted by Crippen LogP contribution is -1.99. The molecular formula is C28H20N4O2S. The Morgan fingerprint density at radius 2 is 1.71 bits per heavy atom. The van der Waals surface area contributed by atoms with Crippen molar-refractivity contribution in [3.05, 3.63) is 108 Å². The fraction of sp³-hybridized carbons (Fsp3) is 0.0357. The largest absolute Gasteiger partial charge is 0.499 e. The molecule has 2 N–H and O–H groups in total. The molecule has 0 bridgehead atoms. The van der Waals surface area contributed by atoms with Crippen LogP contribution >= 0.6 is 11.3 Å². The topological polar surface area (TPSA) is 91.1 Å². The number of thiophene rings is 1. The summed E-state index contributed by atoms with van der Waals surface area (Å²) in [4.78, 5) is 9.72. The summed E-state index contributed by atoms with van der Waals surface area (Å²) in [7, 11) is 0. The summed E-state index contributed by atoms with van der Waals surface area (Å²) in [5.74, 6) is 1.12. The van der Waals surface area contributed by atoms with Gasteiger partial charge in [0.2, 0.25) is 5.95 Å². The van der Waals surface area contributed by atoms with E-state index in [2.05, 4.69) is 21.4 Å². The van der Waals surface area contributed by atoms with Crippen molar-refractivity contribution >= 4 is 23.0 Å². The maximum Gasteiger partial charge on any atom is 0.227 e. The first-order valence-corrected chi connectivity index (χ1v) is 11.7. The van der Waals surface area contributed by atoms with E-state index in [1.165, 1.54) is 0 Å². The molecule has 0 unspecified atom stereocenters. The molecule has 0 amide bonds. The van der Waals surface area contributed by atoms with Crippen LogP contribution in [0.5, 0.6) is 10.8 Å². The summed E-state index contributed by atoms with van der Waals surface area (Å²) in [6, 6.07) is 31.0. The van der Waals surface area contributed by atoms with Crippen molar-refractivity contribution in [2.75, 3.05) is 5.32 Å². The maximum atomic E-state index is 10.4. The van der Waals surface area contributed by atoms with Gasteiger partial charge >= 0.3 is 0 Å². The molecule has 35 heavy (non-hydrogen) atoms. The Kier molecular flexibility index (Phi) is 6.37. The molecule has 2 aromatic heterocycles. The summed E-state index contributed by atoms with van der Waals surface area (Å²) in [5.41, 5.74) is 4.23. The summed E-state index contributed by atoms with van der Waals surface area (Å²) >= 11 is 1.13. The molecule has 5 aromatic rings. The third-order valence-electron chi connectivity index (χ3n) is 5.29. The normalized spacial score (nSPS) is 10.5. The monoisotopic (exact) mass is 476 g/mol. The number of nitrogens with one attached hydrogen (secondary N) is 1. The molecule has 0 aliphatic rings. The minimum absolute atomic E-state index is 0.0299. The zero-order chi connectivity index (χ0) is 24.0. The van der Waals surface area contributed by atoms with Crippen molar-refractivity contribution in [2.45, 2.75) is 6.61 Å². The lowest BCUT2D eigenvalue weighted by molar-refractivity contribution is 0.306. The zero-order valence-corrected chi connectivity index (χ0v) is 19.4. The first-order valence-electron chi connectivity index (χ1n) is 10.9. The highest BCUT2D eigenvalue weighted by atomic mass is 32.1. The van der Waals surface area contributed by atoms with Gasteiger partial charge in [0.25, 0.3) is 0 Å². The first kappa shape index (κ1) is 22.1. The van der Waals surface area contributed by atoms with Crippen molar-refractivity contribution < 1.29 is 9.84 Å². The Morgan fingerprint density at radius 3 is 2.49 bits per heavy atom. The second-order valence-electron chi connectivity index (χ2n) is 7.66. The van der Waals surface area contributed by atoms with E-state index in [0.29, 0.717) is 28.7 Å². The van der Waals surface area contributed by atoms with Gasteiger partial charge in [-0.3, -0.25) is 0 Å². The van der Waals surface area contributed by atoms with Gasteiger partial charge in [0.1, 0.15) is 24.0 Å². The van der Waals surface area contributed by atoms with E-state index in [9.17, 15) is 10.4 Å². The average Bonchev–Trinajstić information content (AvgIpc) is 3.25. The second-order valence-corrected chi connectivity index (χ2v) is 8.66. The van der Waals surface area contributed by atoms with Crippen LogP contribution < -0.4 is 10.1 Å². The number of hydrogen-bond donors (Lipinski definition) is 2. The molecule has 5 rings (SSSR count). The van der Waals surface area contributed by atoms with E-state index in [4.69, 9.17) is 4.74 Å². The number of aromatic nitrogens is 2. The van der Waals surface area contributed by atoms with E-state index in [0.717, 1.165) is 33.9 Å². The number of anilines is 2. The van der Waals surface area contributed by atoms with Crippen molar-refractivity contribution in [1.29, 1.82) is 5.26 Å². The number of nitrogens with zero attached hydrogens (tertiary/aromatic N) is 3. The molecule has 0 fully saturated rings. The molecule has 3 aromatic carbocycles. The number of hydrogen-bond acceptors (Lipinski definition) is 7. The van der Waals surface area contributed by atoms with Crippen LogP contribution in [0.1, 0.15) is 11.1 Å². The zero-order valence-electron chi connectivity index (χ0n) is 18.6. The molecule has 0 radical (unpaired) electrons. The highest BCUT2D eigenvalue weighted by molar-refractivity contribution is 7.18. The lowest BCUT2D eigenvalue weighted by Gasteiger charge is -2.10. The number of ether oxygens (including phenoxy) is 1. The first-order chi connectivity index (χ1) is 17.2. The van der Waals surface area contributed by atoms with Gasteiger partial charge in [-0.05, 0) is 29.3 Å². The Labute approximate surface area is 206 Å². The van der Waals surface area contributed by atoms with Gasteiger partial charge in [-0.15, -0.1) is 0 Å². The van der Waals surface area contributed by atoms with Gasteiger partial charge in [0.05, 0.1) is 10.6 Å². The quantitative estimate of drug-likeness (QED) is 0.269. The number of nitriles is 1. The standard InChI is InChI=1S/C28H20N4O2S/c29-17-23-25(20-10-5-2-6-11-20)26(35-27(23)33)24-14-15-30-28(32-24)31-21-12-7-13-22(16-21)34-18-19-8-3-1-4-9-19/h1-16,33H,18H2,(H,30,31,32). The summed E-state index contributed by atoms with van der Waals surface area (Å²) < 4.78 is 5.92. The van der Waals surface area contributed by atoms with Crippen LogP contribution in [0.25, 0.3) is 21.7 Å². The molecule has 6 nitrogen and oxygen atoms in total. The van der Waals surface area contributed by atoms with E-state index in [1.807, 2.05) is 84.9 Å². The van der Waals surface area contributed by atoms with Gasteiger partial charge < -0.3 is 15.2 Å². The molecule has 0 saturated heterocycles. The lowest BCUT2D eigenvalue weighted by atomic mass is 10.0. The van der Waals surface area contributed by atoms with Crippen LogP contribution in [0, 0.1) is 11.3 Å². The molecular weight excluding hydrogens is 456 g/mol. The van der Waals surface area contributed by atoms with Crippen molar-refractivity contribution in [1.82, 2.24) is 9.97 Å². The Bertz CT molecular complexity index is 1490. The predicted octanol–water partition coefficient (Wildman–Crippen LogP) is 6.77. The van der Waals surface area contributed by atoms with Gasteiger partial charge in [-0.25, -0.2) is 9.97 Å². The highest BCUT2D eigenvalue weighted by Gasteiger charge is 2.21. The number of benzene rings is 3. The van der Waals surface area contributed by atoms with Gasteiger partial charge in [-0.1, -0.05) is 78.1 Å². The Morgan fingerprint density at radius 1 is 0.943 bits per heavy atom. The number of aromatic hydroxyl groups is 1. The molecule has 0 atom stereocenters. The smallest absolute Gasteiger partial charge is 0.227 e. The summed E-state index contributed by atoms with van der Waals surface area (Å²) in [6.07, 6.45) is 1.65. The van der Waals surface area contributed by atoms with Crippen LogP contribution in [0.15, 0.2) is 97.2 Å². The maximum absolute atomic E-state index is 10.4. The second kappa shape index (κ2) is 10.1. The molecule has 0 aliphatic carbocycles. The highest BCUT2D eigenvalue weighted by Crippen LogP contribution is 2.45. The van der Waals surface area contributed by atoms with Crippen LogP contribution in [-0.2, 0) is 6.61 Å². The van der Waals surface area contributed by atoms with Crippen molar-refractivity contribution in [3.8, 4) is 38.6 Å². The van der Waals surface area contributed by atoms with Gasteiger partial charge in [-0.2, -0.15) is 5.26 Å². The van der Waals surface area contributed by atoms with E-state index in [-0.39, 0.29) is 10.6 Å². The van der Waals surface area contributed by atoms with Crippen molar-refractivity contribution in [2.24, 2.45) is 0 Å². The van der Waals surface area contributed by atoms with Crippen LogP contribution in [-0.4, -0.2) is 15.1 Å². The minimum Gasteiger partial charge on any atom is -0.499 e. The fourth-order valence-corrected chi connectivity index (χ4v) is 4.65. The molecule has 7 heteroatoms. The van der Waals surface area contributed by atoms with Crippen molar-refractivity contribution in [3.63, 3.8) is 0 Å². The molecule has 0 aliphatic heterocycles. The summed E-state index contributed by atoms with van der Waals surface area (Å²) in [6.45, 7) is 0.474. The molecule has 0 saturated carbocycles. The third kappa shape index (κ3) is 4.98. The molecule has 170 valence electrons. The minimum atomic E-state index is -0.0299. The van der Waals surface area contributed by atoms with Gasteiger partial charge in [0, 0.05) is 23.5 Å². The molecule has 0 spiro atoms. The van der Waals surface area contributed by atoms with Crippen LogP contribution in [0.4, 0.5) is 11.6 Å². The van der Waals surface area contributed by atoms with E-state index in [1.54, 1.807) is 12.3 Å². The summed E-state index contributed by atoms with van der Waals surface area (Å²) in [5, 5.41) is 23.3. The van der Waals surface area contributed by atoms with Crippen LogP contribution in [0.3, 0.4) is 0 Å². The Hall–Kier alpha value is -4.67. The Balaban J connectivity index is 1.41. The third-order valence-corrected chi connectivity index (χ3v) is 6.31. The van der Waals surface area contributed by atoms with E-state index >= 15 is 0 Å².